The molecule has 17 heteroatoms. The Kier molecular flexibility index (Phi) is 18.7. The summed E-state index contributed by atoms with van der Waals surface area (Å²) in [6.07, 6.45) is 14.6. The van der Waals surface area contributed by atoms with Gasteiger partial charge in [0.15, 0.2) is 0 Å². The van der Waals surface area contributed by atoms with Crippen molar-refractivity contribution in [2.45, 2.75) is 0 Å². The molecule has 0 aliphatic carbocycles. The first kappa shape index (κ1) is 65.5. The van der Waals surface area contributed by atoms with E-state index in [1.807, 2.05) is 341 Å². The summed E-state index contributed by atoms with van der Waals surface area (Å²) >= 11 is 0. The molecule has 0 amide bonds. The topological polar surface area (TPSA) is 204 Å². The van der Waals surface area contributed by atoms with E-state index in [4.69, 9.17) is 79.8 Å². The molecule has 5 heterocycles. The maximum absolute atomic E-state index is 5.59. The molecular formula is C88H56CoN16. The van der Waals surface area contributed by atoms with Crippen LogP contribution in [0.4, 0.5) is 45.5 Å². The summed E-state index contributed by atoms with van der Waals surface area (Å²) in [5.41, 5.74) is 14.8. The molecule has 2 aliphatic rings. The van der Waals surface area contributed by atoms with E-state index in [1.165, 1.54) is 0 Å². The van der Waals surface area contributed by atoms with Crippen LogP contribution in [0.3, 0.4) is 0 Å². The number of hydrogen-bond acceptors (Lipinski definition) is 14. The summed E-state index contributed by atoms with van der Waals surface area (Å²) < 4.78 is 0. The number of hydrogen-bond donors (Lipinski definition) is 0. The Bertz CT molecular complexity index is 5800. The van der Waals surface area contributed by atoms with Crippen LogP contribution in [0.25, 0.3) is 89.7 Å². The van der Waals surface area contributed by atoms with Crippen molar-refractivity contribution >= 4 is 139 Å². The van der Waals surface area contributed by atoms with Crippen molar-refractivity contribution in [3.05, 3.63) is 336 Å². The minimum Gasteiger partial charge on any atom is -0.357 e. The number of fused-ring (bicyclic) bond motifs is 20. The van der Waals surface area contributed by atoms with Crippen LogP contribution in [0.5, 0.6) is 0 Å². The minimum atomic E-state index is 0. The Labute approximate surface area is 613 Å². The summed E-state index contributed by atoms with van der Waals surface area (Å²) in [6.45, 7) is 0. The molecule has 0 fully saturated rings. The van der Waals surface area contributed by atoms with E-state index < -0.39 is 0 Å². The first-order chi connectivity index (χ1) is 51.5. The molecule has 0 spiro atoms. The molecule has 1 radical (unpaired) electrons. The van der Waals surface area contributed by atoms with E-state index in [0.29, 0.717) is 89.3 Å². The number of rotatable bonds is 16. The number of aliphatic imine (C=N–C) groups is 8. The predicted molar refractivity (Wildman–Crippen MR) is 424 cm³/mol. The molecule has 105 heavy (non-hydrogen) atoms. The normalized spacial score (nSPS) is 12.2. The van der Waals surface area contributed by atoms with Crippen LogP contribution in [0, 0.1) is 0 Å². The van der Waals surface area contributed by atoms with Crippen LogP contribution in [0.2, 0.25) is 0 Å². The second-order valence-electron chi connectivity index (χ2n) is 24.4. The predicted octanol–water partition coefficient (Wildman–Crippen LogP) is 20.1. The minimum absolute atomic E-state index is 0. The average molecular weight is 1400 g/mol. The van der Waals surface area contributed by atoms with Gasteiger partial charge in [-0.1, -0.05) is 243 Å². The SMILES string of the molecule is C(=Nc1cc(N=Cc2ccccc2)c2c(c1)-c1nc-2nc2[n-]c(nc3nc(nc4[n-]c(n1)c1c(N=Cc5ccccc5)cc(N=Cc5ccccc5)cc41)-c1c(N=Cc4ccccc4)cc(N=Cc4ccccc4)cc1-3)c1c(N=Cc3ccccc3)cc(N=Cc3ccccc3)cc21)c1ccccc1.[Co+2]. The fraction of sp³-hybridized carbons (Fsp3) is 0. The summed E-state index contributed by atoms with van der Waals surface area (Å²) in [4.78, 5) is 85.7. The smallest absolute Gasteiger partial charge is 0.357 e. The van der Waals surface area contributed by atoms with Gasteiger partial charge in [-0.2, -0.15) is 0 Å². The first-order valence-corrected chi connectivity index (χ1v) is 33.6. The van der Waals surface area contributed by atoms with Gasteiger partial charge in [-0.15, -0.1) is 0 Å². The Morgan fingerprint density at radius 1 is 0.219 bits per heavy atom. The van der Waals surface area contributed by atoms with Crippen molar-refractivity contribution in [2.75, 3.05) is 0 Å². The zero-order valence-corrected chi connectivity index (χ0v) is 56.9. The Hall–Kier alpha value is -14.1. The molecule has 0 atom stereocenters. The van der Waals surface area contributed by atoms with Gasteiger partial charge in [0, 0.05) is 105 Å². The van der Waals surface area contributed by atoms with Gasteiger partial charge < -0.3 is 29.9 Å². The van der Waals surface area contributed by atoms with Crippen LogP contribution in [-0.2, 0) is 16.8 Å². The number of aromatic nitrogens is 8. The van der Waals surface area contributed by atoms with E-state index in [0.717, 1.165) is 44.5 Å². The van der Waals surface area contributed by atoms with Crippen LogP contribution >= 0.6 is 0 Å². The zero-order valence-electron chi connectivity index (χ0n) is 55.8. The fourth-order valence-corrected chi connectivity index (χ4v) is 12.2. The maximum atomic E-state index is 5.59. The van der Waals surface area contributed by atoms with Crippen molar-refractivity contribution in [3.8, 4) is 45.6 Å². The third-order valence-electron chi connectivity index (χ3n) is 17.2. The van der Waals surface area contributed by atoms with Gasteiger partial charge in [-0.05, 0) is 104 Å². The van der Waals surface area contributed by atoms with E-state index >= 15 is 0 Å². The molecule has 2 aliphatic heterocycles. The Morgan fingerprint density at radius 3 is 0.724 bits per heavy atom. The van der Waals surface area contributed by atoms with Gasteiger partial charge >= 0.3 is 16.8 Å². The van der Waals surface area contributed by atoms with Crippen LogP contribution < -0.4 is 9.97 Å². The van der Waals surface area contributed by atoms with Crippen LogP contribution in [-0.4, -0.2) is 79.6 Å². The molecule has 0 saturated heterocycles. The molecule has 12 aromatic carbocycles. The number of nitrogens with zero attached hydrogens (tertiary/aromatic N) is 16. The summed E-state index contributed by atoms with van der Waals surface area (Å²) in [5, 5.41) is 2.28. The van der Waals surface area contributed by atoms with Gasteiger partial charge in [0.25, 0.3) is 0 Å². The van der Waals surface area contributed by atoms with Gasteiger partial charge in [-0.25, -0.2) is 9.97 Å². The molecule has 15 aromatic rings. The Balaban J connectivity index is 0.00000847. The second-order valence-corrected chi connectivity index (χ2v) is 24.4. The molecular weight excluding hydrogens is 1340 g/mol. The van der Waals surface area contributed by atoms with Gasteiger partial charge in [0.1, 0.15) is 0 Å². The van der Waals surface area contributed by atoms with Gasteiger partial charge in [0.2, 0.25) is 0 Å². The summed E-state index contributed by atoms with van der Waals surface area (Å²) in [5.74, 6) is 1.03. The molecule has 0 unspecified atom stereocenters. The van der Waals surface area contributed by atoms with E-state index in [1.54, 1.807) is 0 Å². The summed E-state index contributed by atoms with van der Waals surface area (Å²) in [6, 6.07) is 94.9. The second kappa shape index (κ2) is 30.0. The summed E-state index contributed by atoms with van der Waals surface area (Å²) in [7, 11) is 0. The largest absolute Gasteiger partial charge is 2.00 e. The van der Waals surface area contributed by atoms with Crippen molar-refractivity contribution < 1.29 is 16.8 Å². The zero-order chi connectivity index (χ0) is 69.4. The maximum Gasteiger partial charge on any atom is 2.00 e. The van der Waals surface area contributed by atoms with Crippen LogP contribution in [0.1, 0.15) is 44.5 Å². The molecule has 16 nitrogen and oxygen atoms in total. The van der Waals surface area contributed by atoms with E-state index in [9.17, 15) is 0 Å². The van der Waals surface area contributed by atoms with Gasteiger partial charge in [-0.3, -0.25) is 39.9 Å². The fourth-order valence-electron chi connectivity index (χ4n) is 12.2. The number of benzene rings is 12. The third-order valence-corrected chi connectivity index (χ3v) is 17.2. The van der Waals surface area contributed by atoms with E-state index in [2.05, 4.69) is 0 Å². The van der Waals surface area contributed by atoms with Crippen molar-refractivity contribution in [1.29, 1.82) is 0 Å². The van der Waals surface area contributed by atoms with E-state index in [-0.39, 0.29) is 62.7 Å². The monoisotopic (exact) mass is 1400 g/mol. The quantitative estimate of drug-likeness (QED) is 0.0849. The molecule has 497 valence electrons. The third kappa shape index (κ3) is 14.6. The Morgan fingerprint density at radius 2 is 0.448 bits per heavy atom. The van der Waals surface area contributed by atoms with Crippen molar-refractivity contribution in [3.63, 3.8) is 0 Å². The molecule has 8 bridgehead atoms. The van der Waals surface area contributed by atoms with Crippen molar-refractivity contribution in [1.82, 2.24) is 39.9 Å². The van der Waals surface area contributed by atoms with Crippen molar-refractivity contribution in [2.24, 2.45) is 39.9 Å². The molecule has 3 aromatic heterocycles. The first-order valence-electron chi connectivity index (χ1n) is 33.6. The molecule has 0 N–H and O–H groups in total. The standard InChI is InChI=1S/C88H56N16.Co/c1-9-25-57(26-10-1)49-89-65-41-69-77(73(45-65)93-53-61-33-17-5-18-34-61)85-97-81(69)101-86-78-70(42-66(90-50-58-27-11-2-12-28-58)46-74(78)94-54-62-35-19-6-20-36-62)83(98-86)103-88-80-72(44-68(92-52-60-31-15-4-16-32-60)48-76(80)96-56-64-39-23-8-24-40-64)84(100-88)104-87-79-71(82(99-87)102-85)43-67(91-51-59-29-13-3-14-30-59)47-75(79)95-55-63-37-21-7-22-38-63;/h1-56H;/q-2;+2. The van der Waals surface area contributed by atoms with Crippen LogP contribution in [0.15, 0.2) is 331 Å². The molecule has 0 saturated carbocycles. The molecule has 17 rings (SSSR count). The van der Waals surface area contributed by atoms with Gasteiger partial charge in [0.05, 0.1) is 68.8 Å². The average Bonchev–Trinajstić information content (AvgIpc) is 1.58.